The van der Waals surface area contributed by atoms with Crippen LogP contribution >= 0.6 is 0 Å². The van der Waals surface area contributed by atoms with E-state index in [2.05, 4.69) is 10.6 Å². The van der Waals surface area contributed by atoms with Gasteiger partial charge in [0.25, 0.3) is 0 Å². The summed E-state index contributed by atoms with van der Waals surface area (Å²) in [6.07, 6.45) is 1.96. The maximum absolute atomic E-state index is 12.3. The molecule has 0 spiro atoms. The van der Waals surface area contributed by atoms with Crippen LogP contribution in [0.15, 0.2) is 24.3 Å². The Bertz CT molecular complexity index is 545. The number of fused-ring (bicyclic) bond motifs is 1. The van der Waals surface area contributed by atoms with Gasteiger partial charge >= 0.3 is 11.8 Å². The Kier molecular flexibility index (Phi) is 4.92. The van der Waals surface area contributed by atoms with Crippen LogP contribution in [0.4, 0.5) is 5.69 Å². The molecule has 6 nitrogen and oxygen atoms in total. The van der Waals surface area contributed by atoms with Gasteiger partial charge in [0.15, 0.2) is 0 Å². The number of carbonyl (C=O) groups is 3. The number of nitrogens with zero attached hydrogens (tertiary/aromatic N) is 1. The van der Waals surface area contributed by atoms with Crippen LogP contribution in [0.2, 0.25) is 0 Å². The van der Waals surface area contributed by atoms with Crippen LogP contribution in [0.3, 0.4) is 0 Å². The molecule has 2 N–H and O–H groups in total. The van der Waals surface area contributed by atoms with Gasteiger partial charge < -0.3 is 15.5 Å². The summed E-state index contributed by atoms with van der Waals surface area (Å²) in [6, 6.07) is 7.61. The van der Waals surface area contributed by atoms with E-state index < -0.39 is 11.8 Å². The van der Waals surface area contributed by atoms with Crippen molar-refractivity contribution < 1.29 is 14.4 Å². The van der Waals surface area contributed by atoms with Crippen LogP contribution in [-0.2, 0) is 20.8 Å². The first-order valence-corrected chi connectivity index (χ1v) is 7.01. The molecule has 0 bridgehead atoms. The van der Waals surface area contributed by atoms with Gasteiger partial charge in [0.2, 0.25) is 6.41 Å². The molecule has 0 aromatic heterocycles. The molecule has 112 valence electrons. The van der Waals surface area contributed by atoms with Crippen molar-refractivity contribution in [1.82, 2.24) is 10.6 Å². The molecule has 2 rings (SSSR count). The average Bonchev–Trinajstić information content (AvgIpc) is 2.81. The Hall–Kier alpha value is -2.37. The van der Waals surface area contributed by atoms with E-state index in [1.165, 1.54) is 0 Å². The van der Waals surface area contributed by atoms with Crippen molar-refractivity contribution in [2.24, 2.45) is 0 Å². The fraction of sp³-hybridized carbons (Fsp3) is 0.400. The fourth-order valence-electron chi connectivity index (χ4n) is 2.51. The molecule has 1 aliphatic heterocycles. The van der Waals surface area contributed by atoms with Gasteiger partial charge in [-0.05, 0) is 31.4 Å². The summed E-state index contributed by atoms with van der Waals surface area (Å²) in [4.78, 5) is 35.8. The second-order valence-corrected chi connectivity index (χ2v) is 5.04. The van der Waals surface area contributed by atoms with E-state index in [1.807, 2.05) is 31.2 Å². The highest BCUT2D eigenvalue weighted by Gasteiger charge is 2.33. The van der Waals surface area contributed by atoms with Gasteiger partial charge in [-0.15, -0.1) is 0 Å². The lowest BCUT2D eigenvalue weighted by Gasteiger charge is -2.21. The maximum atomic E-state index is 12.3. The minimum atomic E-state index is -0.607. The van der Waals surface area contributed by atoms with Crippen LogP contribution in [0, 0.1) is 0 Å². The number of para-hydroxylation sites is 1. The molecule has 1 atom stereocenters. The minimum absolute atomic E-state index is 0.0163. The van der Waals surface area contributed by atoms with Gasteiger partial charge in [-0.1, -0.05) is 18.2 Å². The summed E-state index contributed by atoms with van der Waals surface area (Å²) in [7, 11) is 0. The first-order valence-electron chi connectivity index (χ1n) is 7.01. The molecule has 1 unspecified atom stereocenters. The monoisotopic (exact) mass is 289 g/mol. The number of amides is 3. The average molecular weight is 289 g/mol. The Morgan fingerprint density at radius 1 is 1.33 bits per heavy atom. The van der Waals surface area contributed by atoms with E-state index >= 15 is 0 Å². The molecule has 1 heterocycles. The van der Waals surface area contributed by atoms with Crippen molar-refractivity contribution in [2.45, 2.75) is 25.8 Å². The minimum Gasteiger partial charge on any atom is -0.359 e. The Morgan fingerprint density at radius 3 is 2.86 bits per heavy atom. The van der Waals surface area contributed by atoms with Gasteiger partial charge in [0.05, 0.1) is 0 Å². The molecule has 0 fully saturated rings. The Labute approximate surface area is 123 Å². The number of benzene rings is 1. The Balaban J connectivity index is 1.93. The van der Waals surface area contributed by atoms with Crippen LogP contribution in [-0.4, -0.2) is 37.4 Å². The third-order valence-corrected chi connectivity index (χ3v) is 3.49. The van der Waals surface area contributed by atoms with Gasteiger partial charge in [-0.25, -0.2) is 0 Å². The van der Waals surface area contributed by atoms with Crippen molar-refractivity contribution in [3.63, 3.8) is 0 Å². The molecule has 3 amide bonds. The summed E-state index contributed by atoms with van der Waals surface area (Å²) in [5.41, 5.74) is 1.90. The zero-order valence-electron chi connectivity index (χ0n) is 12.0. The van der Waals surface area contributed by atoms with E-state index in [4.69, 9.17) is 0 Å². The fourth-order valence-corrected chi connectivity index (χ4v) is 2.51. The highest BCUT2D eigenvalue weighted by Crippen LogP contribution is 2.31. The van der Waals surface area contributed by atoms with Gasteiger partial charge in [-0.2, -0.15) is 0 Å². The molecule has 1 aromatic rings. The molecule has 0 aliphatic carbocycles. The standard InChI is InChI=1S/C15H19N3O3/c1-11-9-12-5-2-3-6-13(12)18(11)15(21)14(20)17-8-4-7-16-10-19/h2-3,5-6,10-11H,4,7-9H2,1H3,(H,16,19)(H,17,20). The number of rotatable bonds is 5. The van der Waals surface area contributed by atoms with E-state index in [0.717, 1.165) is 17.7 Å². The predicted molar refractivity (Wildman–Crippen MR) is 78.8 cm³/mol. The second-order valence-electron chi connectivity index (χ2n) is 5.04. The molecule has 21 heavy (non-hydrogen) atoms. The molecular weight excluding hydrogens is 270 g/mol. The summed E-state index contributed by atoms with van der Waals surface area (Å²) >= 11 is 0. The molecule has 0 radical (unpaired) electrons. The first-order chi connectivity index (χ1) is 10.1. The van der Waals surface area contributed by atoms with E-state index in [0.29, 0.717) is 25.9 Å². The predicted octanol–water partition coefficient (Wildman–Crippen LogP) is 0.217. The van der Waals surface area contributed by atoms with Gasteiger partial charge in [-0.3, -0.25) is 14.4 Å². The summed E-state index contributed by atoms with van der Waals surface area (Å²) in [5.74, 6) is -1.14. The maximum Gasteiger partial charge on any atom is 0.316 e. The molecule has 1 aliphatic rings. The highest BCUT2D eigenvalue weighted by molar-refractivity contribution is 6.40. The summed E-state index contributed by atoms with van der Waals surface area (Å²) in [6.45, 7) is 2.76. The lowest BCUT2D eigenvalue weighted by Crippen LogP contribution is -2.46. The van der Waals surface area contributed by atoms with Crippen molar-refractivity contribution in [3.8, 4) is 0 Å². The zero-order valence-corrected chi connectivity index (χ0v) is 12.0. The van der Waals surface area contributed by atoms with Gasteiger partial charge in [0, 0.05) is 24.8 Å². The van der Waals surface area contributed by atoms with Crippen molar-refractivity contribution >= 4 is 23.9 Å². The smallest absolute Gasteiger partial charge is 0.316 e. The Morgan fingerprint density at radius 2 is 2.10 bits per heavy atom. The lowest BCUT2D eigenvalue weighted by atomic mass is 10.1. The number of hydrogen-bond acceptors (Lipinski definition) is 3. The van der Waals surface area contributed by atoms with Crippen molar-refractivity contribution in [3.05, 3.63) is 29.8 Å². The van der Waals surface area contributed by atoms with E-state index in [-0.39, 0.29) is 6.04 Å². The van der Waals surface area contributed by atoms with Crippen LogP contribution in [0.1, 0.15) is 18.9 Å². The zero-order chi connectivity index (χ0) is 15.2. The third kappa shape index (κ3) is 3.39. The highest BCUT2D eigenvalue weighted by atomic mass is 16.2. The van der Waals surface area contributed by atoms with Crippen molar-refractivity contribution in [1.29, 1.82) is 0 Å². The second kappa shape index (κ2) is 6.88. The number of carbonyl (C=O) groups excluding carboxylic acids is 3. The number of hydrogen-bond donors (Lipinski definition) is 2. The number of anilines is 1. The van der Waals surface area contributed by atoms with Gasteiger partial charge in [0.1, 0.15) is 0 Å². The van der Waals surface area contributed by atoms with Crippen LogP contribution in [0.25, 0.3) is 0 Å². The molecule has 0 saturated heterocycles. The largest absolute Gasteiger partial charge is 0.359 e. The van der Waals surface area contributed by atoms with Crippen LogP contribution in [0.5, 0.6) is 0 Å². The first kappa shape index (κ1) is 15.0. The third-order valence-electron chi connectivity index (χ3n) is 3.49. The lowest BCUT2D eigenvalue weighted by molar-refractivity contribution is -0.137. The quantitative estimate of drug-likeness (QED) is 0.462. The molecular formula is C15H19N3O3. The van der Waals surface area contributed by atoms with Crippen LogP contribution < -0.4 is 15.5 Å². The number of nitrogens with one attached hydrogen (secondary N) is 2. The van der Waals surface area contributed by atoms with Crippen molar-refractivity contribution in [2.75, 3.05) is 18.0 Å². The molecule has 6 heteroatoms. The molecule has 0 saturated carbocycles. The van der Waals surface area contributed by atoms with E-state index in [9.17, 15) is 14.4 Å². The summed E-state index contributed by atoms with van der Waals surface area (Å²) in [5, 5.41) is 5.08. The molecule has 1 aromatic carbocycles. The topological polar surface area (TPSA) is 78.5 Å². The normalized spacial score (nSPS) is 16.2. The van der Waals surface area contributed by atoms with E-state index in [1.54, 1.807) is 4.90 Å². The summed E-state index contributed by atoms with van der Waals surface area (Å²) < 4.78 is 0. The SMILES string of the molecule is CC1Cc2ccccc2N1C(=O)C(=O)NCCCNC=O.